The molecule has 0 aromatic carbocycles. The molecule has 1 aromatic heterocycles. The third kappa shape index (κ3) is 2.25. The molecule has 4 nitrogen and oxygen atoms in total. The number of carboxylic acid groups (broad SMARTS) is 1. The Morgan fingerprint density at radius 1 is 1.83 bits per heavy atom. The van der Waals surface area contributed by atoms with E-state index in [4.69, 9.17) is 26.9 Å². The van der Waals surface area contributed by atoms with E-state index in [1.165, 1.54) is 12.3 Å². The first kappa shape index (κ1) is 9.09. The summed E-state index contributed by atoms with van der Waals surface area (Å²) in [7, 11) is 0. The molecule has 0 aliphatic rings. The fourth-order valence-corrected chi connectivity index (χ4v) is 0.964. The molecule has 1 heterocycles. The van der Waals surface area contributed by atoms with Gasteiger partial charge in [0.2, 0.25) is 0 Å². The van der Waals surface area contributed by atoms with Crippen molar-refractivity contribution in [2.24, 2.45) is 5.73 Å². The van der Waals surface area contributed by atoms with Crippen LogP contribution < -0.4 is 5.73 Å². The molecule has 0 saturated carbocycles. The highest BCUT2D eigenvalue weighted by molar-refractivity contribution is 6.30. The first-order chi connectivity index (χ1) is 5.59. The summed E-state index contributed by atoms with van der Waals surface area (Å²) in [5.41, 5.74) is 5.48. The van der Waals surface area contributed by atoms with Crippen molar-refractivity contribution >= 4 is 17.6 Å². The largest absolute Gasteiger partial charge is 0.481 e. The lowest BCUT2D eigenvalue weighted by atomic mass is 10.2. The van der Waals surface area contributed by atoms with Crippen molar-refractivity contribution < 1.29 is 14.3 Å². The van der Waals surface area contributed by atoms with Crippen molar-refractivity contribution in [1.82, 2.24) is 0 Å². The van der Waals surface area contributed by atoms with Gasteiger partial charge in [-0.1, -0.05) is 11.6 Å². The molecule has 66 valence electrons. The van der Waals surface area contributed by atoms with E-state index in [1.54, 1.807) is 0 Å². The van der Waals surface area contributed by atoms with Crippen molar-refractivity contribution in [2.45, 2.75) is 12.5 Å². The Hall–Kier alpha value is -1.00. The van der Waals surface area contributed by atoms with Crippen LogP contribution in [0, 0.1) is 0 Å². The molecule has 0 amide bonds. The van der Waals surface area contributed by atoms with Crippen molar-refractivity contribution in [3.63, 3.8) is 0 Å². The predicted molar refractivity (Wildman–Crippen MR) is 42.9 cm³/mol. The summed E-state index contributed by atoms with van der Waals surface area (Å²) in [5.74, 6) is -0.572. The molecule has 0 spiro atoms. The Balaban J connectivity index is 2.64. The quantitative estimate of drug-likeness (QED) is 0.754. The van der Waals surface area contributed by atoms with Gasteiger partial charge in [-0.25, -0.2) is 0 Å². The second kappa shape index (κ2) is 3.60. The fourth-order valence-electron chi connectivity index (χ4n) is 0.811. The van der Waals surface area contributed by atoms with E-state index in [2.05, 4.69) is 0 Å². The normalized spacial score (nSPS) is 12.8. The fraction of sp³-hybridized carbons (Fsp3) is 0.286. The zero-order chi connectivity index (χ0) is 9.14. The van der Waals surface area contributed by atoms with Crippen LogP contribution in [-0.4, -0.2) is 11.1 Å². The molecule has 0 saturated heterocycles. The maximum atomic E-state index is 10.2. The van der Waals surface area contributed by atoms with Crippen LogP contribution in [0.1, 0.15) is 18.2 Å². The molecule has 0 unspecified atom stereocenters. The second-order valence-electron chi connectivity index (χ2n) is 2.37. The highest BCUT2D eigenvalue weighted by atomic mass is 35.5. The van der Waals surface area contributed by atoms with Gasteiger partial charge in [-0.15, -0.1) is 0 Å². The summed E-state index contributed by atoms with van der Waals surface area (Å²) in [4.78, 5) is 10.2. The maximum Gasteiger partial charge on any atom is 0.305 e. The Morgan fingerprint density at radius 3 is 2.92 bits per heavy atom. The molecule has 0 bridgehead atoms. The molecule has 1 aromatic rings. The number of aliphatic carboxylic acids is 1. The van der Waals surface area contributed by atoms with Crippen LogP contribution in [0.3, 0.4) is 0 Å². The number of hydrogen-bond acceptors (Lipinski definition) is 3. The molecule has 0 fully saturated rings. The van der Waals surface area contributed by atoms with Gasteiger partial charge in [0, 0.05) is 0 Å². The SMILES string of the molecule is N[C@@H](CC(=O)O)c1cc(Cl)co1. The van der Waals surface area contributed by atoms with Crippen LogP contribution in [0.25, 0.3) is 0 Å². The van der Waals surface area contributed by atoms with Gasteiger partial charge >= 0.3 is 5.97 Å². The monoisotopic (exact) mass is 189 g/mol. The smallest absolute Gasteiger partial charge is 0.305 e. The summed E-state index contributed by atoms with van der Waals surface area (Å²) in [6.07, 6.45) is 1.16. The Morgan fingerprint density at radius 2 is 2.50 bits per heavy atom. The third-order valence-electron chi connectivity index (χ3n) is 1.35. The molecule has 0 aliphatic carbocycles. The van der Waals surface area contributed by atoms with Crippen LogP contribution in [0.4, 0.5) is 0 Å². The zero-order valence-electron chi connectivity index (χ0n) is 6.16. The molecule has 5 heteroatoms. The average Bonchev–Trinajstić information content (AvgIpc) is 2.34. The average molecular weight is 190 g/mol. The first-order valence-corrected chi connectivity index (χ1v) is 3.68. The van der Waals surface area contributed by atoms with Gasteiger partial charge in [0.25, 0.3) is 0 Å². The molecule has 0 aliphatic heterocycles. The van der Waals surface area contributed by atoms with E-state index < -0.39 is 12.0 Å². The molecule has 0 radical (unpaired) electrons. The Bertz CT molecular complexity index is 284. The number of hydrogen-bond donors (Lipinski definition) is 2. The molecule has 12 heavy (non-hydrogen) atoms. The summed E-state index contributed by atoms with van der Waals surface area (Å²) in [6.45, 7) is 0. The first-order valence-electron chi connectivity index (χ1n) is 3.31. The van der Waals surface area contributed by atoms with Gasteiger partial charge in [0.05, 0.1) is 17.5 Å². The van der Waals surface area contributed by atoms with Gasteiger partial charge in [-0.3, -0.25) is 4.79 Å². The van der Waals surface area contributed by atoms with Crippen LogP contribution in [0.2, 0.25) is 5.02 Å². The lowest BCUT2D eigenvalue weighted by Crippen LogP contribution is -2.14. The van der Waals surface area contributed by atoms with Gasteiger partial charge in [0.15, 0.2) is 0 Å². The minimum atomic E-state index is -0.963. The summed E-state index contributed by atoms with van der Waals surface area (Å²) < 4.78 is 4.91. The number of halogens is 1. The van der Waals surface area contributed by atoms with Gasteiger partial charge < -0.3 is 15.3 Å². The van der Waals surface area contributed by atoms with Crippen molar-refractivity contribution in [2.75, 3.05) is 0 Å². The topological polar surface area (TPSA) is 76.5 Å². The number of rotatable bonds is 3. The van der Waals surface area contributed by atoms with Crippen molar-refractivity contribution in [1.29, 1.82) is 0 Å². The summed E-state index contributed by atoms with van der Waals surface area (Å²) >= 11 is 5.54. The van der Waals surface area contributed by atoms with Gasteiger partial charge in [-0.2, -0.15) is 0 Å². The molecular weight excluding hydrogens is 182 g/mol. The van der Waals surface area contributed by atoms with Crippen molar-refractivity contribution in [3.05, 3.63) is 23.1 Å². The second-order valence-corrected chi connectivity index (χ2v) is 2.81. The Labute approximate surface area is 73.9 Å². The van der Waals surface area contributed by atoms with Gasteiger partial charge in [-0.05, 0) is 6.07 Å². The van der Waals surface area contributed by atoms with E-state index in [1.807, 2.05) is 0 Å². The highest BCUT2D eigenvalue weighted by Gasteiger charge is 2.13. The van der Waals surface area contributed by atoms with E-state index >= 15 is 0 Å². The molecular formula is C7H8ClNO3. The Kier molecular flexibility index (Phi) is 2.73. The van der Waals surface area contributed by atoms with Crippen molar-refractivity contribution in [3.8, 4) is 0 Å². The van der Waals surface area contributed by atoms with E-state index in [0.717, 1.165) is 0 Å². The zero-order valence-corrected chi connectivity index (χ0v) is 6.91. The van der Waals surface area contributed by atoms with Crippen LogP contribution in [-0.2, 0) is 4.79 Å². The molecule has 1 atom stereocenters. The lowest BCUT2D eigenvalue weighted by molar-refractivity contribution is -0.137. The third-order valence-corrected chi connectivity index (χ3v) is 1.55. The lowest BCUT2D eigenvalue weighted by Gasteiger charge is -2.03. The minimum absolute atomic E-state index is 0.163. The predicted octanol–water partition coefficient (Wildman–Crippen LogP) is 1.41. The summed E-state index contributed by atoms with van der Waals surface area (Å²) in [6, 6.07) is 0.879. The van der Waals surface area contributed by atoms with E-state index in [9.17, 15) is 4.79 Å². The molecule has 3 N–H and O–H groups in total. The van der Waals surface area contributed by atoms with E-state index in [0.29, 0.717) is 10.8 Å². The van der Waals surface area contributed by atoms with Crippen LogP contribution in [0.5, 0.6) is 0 Å². The van der Waals surface area contributed by atoms with E-state index in [-0.39, 0.29) is 6.42 Å². The standard InChI is InChI=1S/C7H8ClNO3/c8-4-1-6(12-3-4)5(9)2-7(10)11/h1,3,5H,2,9H2,(H,10,11)/t5-/m0/s1. The summed E-state index contributed by atoms with van der Waals surface area (Å²) in [5, 5.41) is 8.82. The number of carboxylic acids is 1. The maximum absolute atomic E-state index is 10.2. The number of furan rings is 1. The van der Waals surface area contributed by atoms with Gasteiger partial charge in [0.1, 0.15) is 12.0 Å². The number of nitrogens with two attached hydrogens (primary N) is 1. The van der Waals surface area contributed by atoms with Crippen LogP contribution >= 0.6 is 11.6 Å². The highest BCUT2D eigenvalue weighted by Crippen LogP contribution is 2.20. The van der Waals surface area contributed by atoms with Crippen LogP contribution in [0.15, 0.2) is 16.7 Å². The molecule has 1 rings (SSSR count). The minimum Gasteiger partial charge on any atom is -0.481 e. The number of carbonyl (C=O) groups is 1.